The summed E-state index contributed by atoms with van der Waals surface area (Å²) in [5.74, 6) is 0. The molecular weight excluding hydrogens is 270 g/mol. The van der Waals surface area contributed by atoms with Crippen LogP contribution in [-0.4, -0.2) is 37.2 Å². The second-order valence-electron chi connectivity index (χ2n) is 6.97. The van der Waals surface area contributed by atoms with Gasteiger partial charge >= 0.3 is 0 Å². The maximum atomic E-state index is 3.50. The number of para-hydroxylation sites is 1. The third-order valence-corrected chi connectivity index (χ3v) is 3.94. The van der Waals surface area contributed by atoms with Gasteiger partial charge in [-0.15, -0.1) is 0 Å². The fraction of sp³-hybridized carbons (Fsp3) is 0.316. The van der Waals surface area contributed by atoms with Crippen molar-refractivity contribution in [3.05, 3.63) is 54.9 Å². The molecule has 2 heterocycles. The van der Waals surface area contributed by atoms with E-state index in [1.807, 2.05) is 0 Å². The van der Waals surface area contributed by atoms with Crippen molar-refractivity contribution in [1.82, 2.24) is 4.98 Å². The first kappa shape index (κ1) is 14.8. The topological polar surface area (TPSA) is 19.7 Å². The molecule has 3 rings (SSSR count). The van der Waals surface area contributed by atoms with Crippen molar-refractivity contribution in [2.75, 3.05) is 27.7 Å². The Labute approximate surface area is 132 Å². The van der Waals surface area contributed by atoms with Crippen LogP contribution in [0.5, 0.6) is 0 Å². The standard InChI is InChI=1S/C19H25N3/c1-22(2,3)13-7-12-21-11-6-9-17(15-21)19-14-16-8-4-5-10-18(16)20-19/h4-6,8-11,14-15,20H,7,12-13H2,1-3H3/q+2. The SMILES string of the molecule is C[N+](C)(C)CCC[n+]1cccc(-c2cc3ccccc3[nH]2)c1. The van der Waals surface area contributed by atoms with E-state index in [2.05, 4.69) is 85.6 Å². The highest BCUT2D eigenvalue weighted by molar-refractivity contribution is 5.85. The smallest absolute Gasteiger partial charge is 0.178 e. The predicted molar refractivity (Wildman–Crippen MR) is 91.4 cm³/mol. The minimum Gasteiger partial charge on any atom is -0.354 e. The summed E-state index contributed by atoms with van der Waals surface area (Å²) >= 11 is 0. The number of fused-ring (bicyclic) bond motifs is 1. The van der Waals surface area contributed by atoms with Gasteiger partial charge in [0.05, 0.1) is 45.4 Å². The maximum Gasteiger partial charge on any atom is 0.178 e. The van der Waals surface area contributed by atoms with Gasteiger partial charge in [0.25, 0.3) is 0 Å². The van der Waals surface area contributed by atoms with Gasteiger partial charge in [0.15, 0.2) is 18.9 Å². The van der Waals surface area contributed by atoms with Gasteiger partial charge in [-0.05, 0) is 18.2 Å². The van der Waals surface area contributed by atoms with Crippen LogP contribution in [0.1, 0.15) is 6.42 Å². The zero-order chi connectivity index (χ0) is 15.6. The summed E-state index contributed by atoms with van der Waals surface area (Å²) in [5, 5.41) is 1.26. The second-order valence-corrected chi connectivity index (χ2v) is 6.97. The van der Waals surface area contributed by atoms with E-state index in [0.717, 1.165) is 11.0 Å². The largest absolute Gasteiger partial charge is 0.354 e. The van der Waals surface area contributed by atoms with Crippen molar-refractivity contribution in [3.8, 4) is 11.3 Å². The van der Waals surface area contributed by atoms with Crippen LogP contribution in [0, 0.1) is 0 Å². The van der Waals surface area contributed by atoms with Gasteiger partial charge in [-0.3, -0.25) is 0 Å². The van der Waals surface area contributed by atoms with Crippen molar-refractivity contribution in [2.24, 2.45) is 0 Å². The minimum atomic E-state index is 1.02. The van der Waals surface area contributed by atoms with Gasteiger partial charge < -0.3 is 9.47 Å². The molecule has 0 saturated heterocycles. The molecule has 0 saturated carbocycles. The molecule has 1 aromatic carbocycles. The number of quaternary nitrogens is 1. The molecule has 0 aliphatic rings. The van der Waals surface area contributed by atoms with Crippen molar-refractivity contribution < 1.29 is 9.05 Å². The number of H-pyrrole nitrogens is 1. The summed E-state index contributed by atoms with van der Waals surface area (Å²) in [6, 6.07) is 14.9. The lowest BCUT2D eigenvalue weighted by Gasteiger charge is -2.22. The number of nitrogens with one attached hydrogen (secondary N) is 1. The summed E-state index contributed by atoms with van der Waals surface area (Å²) in [5.41, 5.74) is 3.61. The Balaban J connectivity index is 1.78. The molecule has 3 aromatic rings. The van der Waals surface area contributed by atoms with Crippen LogP contribution < -0.4 is 4.57 Å². The zero-order valence-corrected chi connectivity index (χ0v) is 13.7. The Morgan fingerprint density at radius 1 is 1.05 bits per heavy atom. The molecule has 0 spiro atoms. The fourth-order valence-corrected chi connectivity index (χ4v) is 2.78. The quantitative estimate of drug-likeness (QED) is 0.551. The van der Waals surface area contributed by atoms with Crippen LogP contribution >= 0.6 is 0 Å². The van der Waals surface area contributed by atoms with Crippen molar-refractivity contribution in [2.45, 2.75) is 13.0 Å². The van der Waals surface area contributed by atoms with E-state index >= 15 is 0 Å². The first-order valence-electron chi connectivity index (χ1n) is 7.89. The van der Waals surface area contributed by atoms with E-state index in [-0.39, 0.29) is 0 Å². The molecule has 0 fully saturated rings. The first-order valence-corrected chi connectivity index (χ1v) is 7.89. The van der Waals surface area contributed by atoms with Gasteiger partial charge in [0.2, 0.25) is 0 Å². The average Bonchev–Trinajstić information content (AvgIpc) is 2.90. The number of hydrogen-bond donors (Lipinski definition) is 1. The number of rotatable bonds is 5. The maximum absolute atomic E-state index is 3.50. The van der Waals surface area contributed by atoms with Gasteiger partial charge in [-0.25, -0.2) is 4.57 Å². The van der Waals surface area contributed by atoms with E-state index < -0.39 is 0 Å². The molecule has 3 nitrogen and oxygen atoms in total. The highest BCUT2D eigenvalue weighted by Gasteiger charge is 2.11. The number of benzene rings is 1. The Morgan fingerprint density at radius 2 is 1.86 bits per heavy atom. The molecule has 0 amide bonds. The fourth-order valence-electron chi connectivity index (χ4n) is 2.78. The molecule has 3 heteroatoms. The average molecular weight is 295 g/mol. The molecule has 0 aliphatic heterocycles. The molecular formula is C19H25N3+2. The van der Waals surface area contributed by atoms with Crippen LogP contribution in [0.4, 0.5) is 0 Å². The first-order chi connectivity index (χ1) is 10.5. The summed E-state index contributed by atoms with van der Waals surface area (Å²) in [4.78, 5) is 3.50. The lowest BCUT2D eigenvalue weighted by Crippen LogP contribution is -2.39. The molecule has 0 unspecified atom stereocenters. The third kappa shape index (κ3) is 3.55. The zero-order valence-electron chi connectivity index (χ0n) is 13.7. The molecule has 0 atom stereocenters. The normalized spacial score (nSPS) is 12.0. The number of aromatic nitrogens is 2. The third-order valence-electron chi connectivity index (χ3n) is 3.94. The molecule has 0 aliphatic carbocycles. The van der Waals surface area contributed by atoms with Crippen molar-refractivity contribution in [3.63, 3.8) is 0 Å². The summed E-state index contributed by atoms with van der Waals surface area (Å²) in [7, 11) is 6.72. The van der Waals surface area contributed by atoms with E-state index in [0.29, 0.717) is 0 Å². The number of hydrogen-bond acceptors (Lipinski definition) is 0. The Bertz CT molecular complexity index is 732. The lowest BCUT2D eigenvalue weighted by molar-refractivity contribution is -0.873. The predicted octanol–water partition coefficient (Wildman–Crippen LogP) is 3.22. The summed E-state index contributed by atoms with van der Waals surface area (Å²) in [6.45, 7) is 2.24. The molecule has 2 aromatic heterocycles. The molecule has 22 heavy (non-hydrogen) atoms. The molecule has 0 bridgehead atoms. The minimum absolute atomic E-state index is 1.02. The lowest BCUT2D eigenvalue weighted by atomic mass is 10.2. The number of pyridine rings is 1. The van der Waals surface area contributed by atoms with Crippen LogP contribution in [-0.2, 0) is 6.54 Å². The van der Waals surface area contributed by atoms with Crippen LogP contribution in [0.15, 0.2) is 54.9 Å². The highest BCUT2D eigenvalue weighted by Crippen LogP contribution is 2.22. The van der Waals surface area contributed by atoms with Crippen LogP contribution in [0.25, 0.3) is 22.2 Å². The van der Waals surface area contributed by atoms with E-state index in [1.165, 1.54) is 35.1 Å². The Kier molecular flexibility index (Phi) is 3.99. The van der Waals surface area contributed by atoms with E-state index in [4.69, 9.17) is 0 Å². The number of aryl methyl sites for hydroxylation is 1. The highest BCUT2D eigenvalue weighted by atomic mass is 15.3. The Morgan fingerprint density at radius 3 is 2.64 bits per heavy atom. The van der Waals surface area contributed by atoms with Crippen LogP contribution in [0.2, 0.25) is 0 Å². The second kappa shape index (κ2) is 5.93. The number of nitrogens with zero attached hydrogens (tertiary/aromatic N) is 2. The van der Waals surface area contributed by atoms with Gasteiger partial charge in [-0.1, -0.05) is 18.2 Å². The van der Waals surface area contributed by atoms with Crippen LogP contribution in [0.3, 0.4) is 0 Å². The number of aromatic amines is 1. The van der Waals surface area contributed by atoms with E-state index in [9.17, 15) is 0 Å². The van der Waals surface area contributed by atoms with E-state index in [1.54, 1.807) is 0 Å². The monoisotopic (exact) mass is 295 g/mol. The summed E-state index contributed by atoms with van der Waals surface area (Å²) < 4.78 is 3.30. The van der Waals surface area contributed by atoms with Gasteiger partial charge in [0.1, 0.15) is 0 Å². The molecule has 0 radical (unpaired) electrons. The van der Waals surface area contributed by atoms with Gasteiger partial charge in [-0.2, -0.15) is 0 Å². The van der Waals surface area contributed by atoms with Crippen molar-refractivity contribution in [1.29, 1.82) is 0 Å². The molecule has 114 valence electrons. The summed E-state index contributed by atoms with van der Waals surface area (Å²) in [6.07, 6.45) is 5.58. The Hall–Kier alpha value is -2.13. The van der Waals surface area contributed by atoms with Crippen molar-refractivity contribution >= 4 is 10.9 Å². The van der Waals surface area contributed by atoms with Gasteiger partial charge in [0, 0.05) is 17.0 Å². The molecule has 1 N–H and O–H groups in total.